The summed E-state index contributed by atoms with van der Waals surface area (Å²) in [4.78, 5) is 34.0. The van der Waals surface area contributed by atoms with E-state index in [0.717, 1.165) is 31.6 Å². The zero-order valence-corrected chi connectivity index (χ0v) is 24.3. The predicted molar refractivity (Wildman–Crippen MR) is 158 cm³/mol. The quantitative estimate of drug-likeness (QED) is 0.208. The van der Waals surface area contributed by atoms with Crippen LogP contribution in [0, 0.1) is 6.92 Å². The molecule has 1 aliphatic rings. The number of thioether (sulfide) groups is 1. The van der Waals surface area contributed by atoms with Gasteiger partial charge in [-0.1, -0.05) is 81.9 Å². The normalized spacial score (nSPS) is 15.3. The first-order chi connectivity index (χ1) is 18.4. The van der Waals surface area contributed by atoms with Crippen molar-refractivity contribution in [1.29, 1.82) is 0 Å². The van der Waals surface area contributed by atoms with Gasteiger partial charge >= 0.3 is 5.97 Å². The summed E-state index contributed by atoms with van der Waals surface area (Å²) in [5, 5.41) is 0. The molecule has 0 saturated heterocycles. The van der Waals surface area contributed by atoms with Gasteiger partial charge in [0, 0.05) is 14.9 Å². The molecule has 0 spiro atoms. The van der Waals surface area contributed by atoms with Gasteiger partial charge in [0.1, 0.15) is 0 Å². The van der Waals surface area contributed by atoms with Gasteiger partial charge in [-0.3, -0.25) is 9.36 Å². The number of carbonyl (C=O) groups excluding carboxylic acids is 1. The lowest BCUT2D eigenvalue weighted by Gasteiger charge is -2.26. The largest absolute Gasteiger partial charge is 0.463 e. The maximum absolute atomic E-state index is 13.9. The summed E-state index contributed by atoms with van der Waals surface area (Å²) in [7, 11) is 0. The van der Waals surface area contributed by atoms with Gasteiger partial charge in [0.05, 0.1) is 28.5 Å². The molecule has 1 aromatic heterocycles. The number of aryl methyl sites for hydroxylation is 1. The summed E-state index contributed by atoms with van der Waals surface area (Å²) < 4.78 is 8.68. The molecule has 3 aromatic carbocycles. The van der Waals surface area contributed by atoms with E-state index in [4.69, 9.17) is 9.73 Å². The number of fused-ring (bicyclic) bond motifs is 1. The molecule has 0 amide bonds. The van der Waals surface area contributed by atoms with Crippen LogP contribution in [0.2, 0.25) is 0 Å². The summed E-state index contributed by atoms with van der Waals surface area (Å²) in [6.07, 6.45) is 3.89. The highest BCUT2D eigenvalue weighted by atomic mass is 79.9. The van der Waals surface area contributed by atoms with Gasteiger partial charge in [0.25, 0.3) is 5.56 Å². The molecule has 1 atom stereocenters. The Hall–Kier alpha value is -3.20. The molecule has 5 rings (SSSR count). The van der Waals surface area contributed by atoms with Gasteiger partial charge in [0.15, 0.2) is 4.80 Å². The van der Waals surface area contributed by atoms with Crippen molar-refractivity contribution in [2.24, 2.45) is 4.99 Å². The van der Waals surface area contributed by atoms with Crippen LogP contribution in [0.3, 0.4) is 0 Å². The molecule has 2 heterocycles. The predicted octanol–water partition coefficient (Wildman–Crippen LogP) is 5.73. The van der Waals surface area contributed by atoms with Crippen LogP contribution in [0.4, 0.5) is 0 Å². The molecular formula is C30H25BrN2O3S2. The van der Waals surface area contributed by atoms with Crippen molar-refractivity contribution >= 4 is 56.8 Å². The summed E-state index contributed by atoms with van der Waals surface area (Å²) in [6.45, 7) is 4.01. The summed E-state index contributed by atoms with van der Waals surface area (Å²) in [5.41, 5.74) is 4.31. The SMILES string of the molecule is CCOC(=O)C1=C(c2ccccc2)N=c2s/c(=C\c3ccc(C)c(Br)c3)c(=O)n2[C@H]1c1ccc(SC)cc1. The van der Waals surface area contributed by atoms with Crippen molar-refractivity contribution in [3.8, 4) is 0 Å². The van der Waals surface area contributed by atoms with E-state index < -0.39 is 12.0 Å². The second kappa shape index (κ2) is 11.3. The van der Waals surface area contributed by atoms with E-state index in [1.54, 1.807) is 23.3 Å². The topological polar surface area (TPSA) is 60.7 Å². The first-order valence-corrected chi connectivity index (χ1v) is 14.9. The summed E-state index contributed by atoms with van der Waals surface area (Å²) >= 11 is 6.54. The minimum Gasteiger partial charge on any atom is -0.463 e. The van der Waals surface area contributed by atoms with Gasteiger partial charge in [-0.25, -0.2) is 9.79 Å². The second-order valence-corrected chi connectivity index (χ2v) is 11.5. The first-order valence-electron chi connectivity index (χ1n) is 12.1. The Morgan fingerprint density at radius 2 is 1.87 bits per heavy atom. The lowest BCUT2D eigenvalue weighted by molar-refractivity contribution is -0.138. The van der Waals surface area contributed by atoms with Crippen molar-refractivity contribution in [2.45, 2.75) is 24.8 Å². The Morgan fingerprint density at radius 3 is 2.53 bits per heavy atom. The molecule has 0 bridgehead atoms. The van der Waals surface area contributed by atoms with Crippen LogP contribution < -0.4 is 14.9 Å². The summed E-state index contributed by atoms with van der Waals surface area (Å²) in [6, 6.07) is 22.8. The third kappa shape index (κ3) is 5.08. The highest BCUT2D eigenvalue weighted by molar-refractivity contribution is 9.10. The Morgan fingerprint density at radius 1 is 1.13 bits per heavy atom. The monoisotopic (exact) mass is 604 g/mol. The molecule has 0 radical (unpaired) electrons. The average molecular weight is 606 g/mol. The average Bonchev–Trinajstić information content (AvgIpc) is 3.24. The van der Waals surface area contributed by atoms with E-state index in [-0.39, 0.29) is 12.2 Å². The lowest BCUT2D eigenvalue weighted by Crippen LogP contribution is -2.40. The first kappa shape index (κ1) is 26.4. The fourth-order valence-corrected chi connectivity index (χ4v) is 6.20. The maximum atomic E-state index is 13.9. The zero-order valence-electron chi connectivity index (χ0n) is 21.1. The summed E-state index contributed by atoms with van der Waals surface area (Å²) in [5.74, 6) is -0.481. The number of hydrogen-bond donors (Lipinski definition) is 0. The van der Waals surface area contributed by atoms with E-state index in [9.17, 15) is 9.59 Å². The number of esters is 1. The van der Waals surface area contributed by atoms with Gasteiger partial charge < -0.3 is 4.74 Å². The minimum atomic E-state index is -0.677. The fourth-order valence-electron chi connectivity index (χ4n) is 4.39. The molecule has 0 N–H and O–H groups in total. The minimum absolute atomic E-state index is 0.196. The number of ether oxygens (including phenoxy) is 1. The molecule has 5 nitrogen and oxygen atoms in total. The fraction of sp³-hybridized carbons (Fsp3) is 0.167. The molecular weight excluding hydrogens is 580 g/mol. The smallest absolute Gasteiger partial charge is 0.338 e. The lowest BCUT2D eigenvalue weighted by atomic mass is 9.93. The molecule has 8 heteroatoms. The number of rotatable bonds is 6. The Balaban J connectivity index is 1.81. The molecule has 4 aromatic rings. The highest BCUT2D eigenvalue weighted by Crippen LogP contribution is 2.35. The molecule has 0 saturated carbocycles. The molecule has 0 aliphatic carbocycles. The van der Waals surface area contributed by atoms with Crippen molar-refractivity contribution in [3.05, 3.63) is 125 Å². The second-order valence-electron chi connectivity index (χ2n) is 8.71. The highest BCUT2D eigenvalue weighted by Gasteiger charge is 2.35. The number of hydrogen-bond acceptors (Lipinski definition) is 6. The molecule has 192 valence electrons. The molecule has 0 unspecified atom stereocenters. The number of thiazole rings is 1. The number of carbonyl (C=O) groups is 1. The van der Waals surface area contributed by atoms with Crippen LogP contribution in [0.1, 0.15) is 35.2 Å². The van der Waals surface area contributed by atoms with Gasteiger partial charge in [0.2, 0.25) is 0 Å². The van der Waals surface area contributed by atoms with Crippen LogP contribution in [0.15, 0.2) is 97.5 Å². The third-order valence-corrected chi connectivity index (χ3v) is 8.88. The maximum Gasteiger partial charge on any atom is 0.338 e. The number of benzene rings is 3. The Bertz CT molecular complexity index is 1720. The number of nitrogens with zero attached hydrogens (tertiary/aromatic N) is 2. The van der Waals surface area contributed by atoms with E-state index in [1.165, 1.54) is 11.3 Å². The van der Waals surface area contributed by atoms with Crippen molar-refractivity contribution < 1.29 is 9.53 Å². The van der Waals surface area contributed by atoms with Gasteiger partial charge in [-0.15, -0.1) is 11.8 Å². The van der Waals surface area contributed by atoms with E-state index in [1.807, 2.05) is 92.1 Å². The van der Waals surface area contributed by atoms with Crippen molar-refractivity contribution in [2.75, 3.05) is 12.9 Å². The van der Waals surface area contributed by atoms with Crippen LogP contribution in [0.25, 0.3) is 11.8 Å². The standard InChI is InChI=1S/C30H25BrN2O3S2/c1-4-36-29(35)25-26(20-8-6-5-7-9-20)32-30-33(27(25)21-12-14-22(37-3)15-13-21)28(34)24(38-30)17-19-11-10-18(2)23(31)16-19/h5-17,27H,4H2,1-3H3/b24-17-/t27-/m0/s1. The zero-order chi connectivity index (χ0) is 26.8. The Kier molecular flexibility index (Phi) is 7.83. The molecule has 38 heavy (non-hydrogen) atoms. The van der Waals surface area contributed by atoms with Crippen molar-refractivity contribution in [1.82, 2.24) is 4.57 Å². The molecule has 0 fully saturated rings. The van der Waals surface area contributed by atoms with Gasteiger partial charge in [-0.2, -0.15) is 0 Å². The van der Waals surface area contributed by atoms with Crippen LogP contribution >= 0.6 is 39.0 Å². The number of halogens is 1. The number of aromatic nitrogens is 1. The van der Waals surface area contributed by atoms with Crippen LogP contribution in [0.5, 0.6) is 0 Å². The van der Waals surface area contributed by atoms with E-state index in [0.29, 0.717) is 20.6 Å². The molecule has 1 aliphatic heterocycles. The Labute approximate surface area is 237 Å². The van der Waals surface area contributed by atoms with E-state index >= 15 is 0 Å². The van der Waals surface area contributed by atoms with E-state index in [2.05, 4.69) is 15.9 Å². The van der Waals surface area contributed by atoms with Gasteiger partial charge in [-0.05, 0) is 61.1 Å². The van der Waals surface area contributed by atoms with Crippen LogP contribution in [-0.2, 0) is 9.53 Å². The van der Waals surface area contributed by atoms with Crippen LogP contribution in [-0.4, -0.2) is 23.4 Å². The third-order valence-electron chi connectivity index (χ3n) is 6.30. The van der Waals surface area contributed by atoms with Crippen molar-refractivity contribution in [3.63, 3.8) is 0 Å².